The maximum atomic E-state index is 5.84. The first-order valence-electron chi connectivity index (χ1n) is 5.88. The Morgan fingerprint density at radius 1 is 1.28 bits per heavy atom. The summed E-state index contributed by atoms with van der Waals surface area (Å²) in [7, 11) is 0. The van der Waals surface area contributed by atoms with E-state index in [1.165, 1.54) is 11.1 Å². The zero-order valence-corrected chi connectivity index (χ0v) is 10.4. The van der Waals surface area contributed by atoms with E-state index in [2.05, 4.69) is 34.4 Å². The molecule has 3 rings (SSSR count). The van der Waals surface area contributed by atoms with Crippen molar-refractivity contribution in [2.75, 3.05) is 5.73 Å². The first-order chi connectivity index (χ1) is 8.66. The Morgan fingerprint density at radius 3 is 2.83 bits per heavy atom. The summed E-state index contributed by atoms with van der Waals surface area (Å²) >= 11 is 0. The summed E-state index contributed by atoms with van der Waals surface area (Å²) in [6, 6.07) is 8.28. The summed E-state index contributed by atoms with van der Waals surface area (Å²) in [6.45, 7) is 4.76. The van der Waals surface area contributed by atoms with Crippen molar-refractivity contribution in [3.05, 3.63) is 41.1 Å². The molecule has 0 aliphatic carbocycles. The molecule has 3 aromatic rings. The molecule has 0 saturated carbocycles. The molecule has 0 amide bonds. The number of H-pyrrole nitrogens is 1. The van der Waals surface area contributed by atoms with Crippen LogP contribution < -0.4 is 5.73 Å². The zero-order valence-electron chi connectivity index (χ0n) is 10.4. The number of nitrogens with one attached hydrogen (secondary N) is 1. The van der Waals surface area contributed by atoms with Gasteiger partial charge in [0.25, 0.3) is 0 Å². The largest absolute Gasteiger partial charge is 0.383 e. The minimum absolute atomic E-state index is 0.582. The van der Waals surface area contributed by atoms with Gasteiger partial charge in [-0.05, 0) is 25.0 Å². The van der Waals surface area contributed by atoms with Crippen molar-refractivity contribution in [3.63, 3.8) is 0 Å². The fraction of sp³-hybridized carbons (Fsp3) is 0.231. The number of hydrogen-bond acceptors (Lipinski definition) is 3. The van der Waals surface area contributed by atoms with Crippen molar-refractivity contribution in [1.82, 2.24) is 20.0 Å². The van der Waals surface area contributed by atoms with Crippen LogP contribution in [0.25, 0.3) is 11.0 Å². The Morgan fingerprint density at radius 2 is 2.06 bits per heavy atom. The van der Waals surface area contributed by atoms with Gasteiger partial charge in [0.15, 0.2) is 5.65 Å². The van der Waals surface area contributed by atoms with Gasteiger partial charge in [-0.1, -0.05) is 24.3 Å². The molecule has 0 fully saturated rings. The molecule has 0 spiro atoms. The van der Waals surface area contributed by atoms with Gasteiger partial charge in [0.2, 0.25) is 0 Å². The van der Waals surface area contributed by atoms with E-state index >= 15 is 0 Å². The van der Waals surface area contributed by atoms with Gasteiger partial charge in [0.05, 0.1) is 17.6 Å². The maximum Gasteiger partial charge on any atom is 0.182 e. The summed E-state index contributed by atoms with van der Waals surface area (Å²) < 4.78 is 1.89. The molecule has 2 heterocycles. The van der Waals surface area contributed by atoms with Crippen molar-refractivity contribution >= 4 is 16.9 Å². The second-order valence-electron chi connectivity index (χ2n) is 4.51. The van der Waals surface area contributed by atoms with Gasteiger partial charge in [-0.15, -0.1) is 0 Å². The fourth-order valence-corrected chi connectivity index (χ4v) is 2.23. The predicted octanol–water partition coefficient (Wildman–Crippen LogP) is 2.01. The molecule has 1 aromatic carbocycles. The number of hydrogen-bond donors (Lipinski definition) is 2. The van der Waals surface area contributed by atoms with Crippen LogP contribution in [-0.4, -0.2) is 20.0 Å². The van der Waals surface area contributed by atoms with E-state index in [4.69, 9.17) is 5.73 Å². The van der Waals surface area contributed by atoms with Crippen LogP contribution in [0, 0.1) is 13.8 Å². The van der Waals surface area contributed by atoms with Crippen LogP contribution in [0.4, 0.5) is 5.82 Å². The average Bonchev–Trinajstić information content (AvgIpc) is 2.86. The number of nitrogen functional groups attached to an aromatic ring is 1. The minimum Gasteiger partial charge on any atom is -0.383 e. The molecule has 5 heteroatoms. The highest BCUT2D eigenvalue weighted by molar-refractivity contribution is 5.88. The predicted molar refractivity (Wildman–Crippen MR) is 71.3 cm³/mol. The summed E-state index contributed by atoms with van der Waals surface area (Å²) in [5, 5.41) is 12.4. The Balaban J connectivity index is 2.08. The maximum absolute atomic E-state index is 5.84. The highest BCUT2D eigenvalue weighted by Gasteiger charge is 2.13. The van der Waals surface area contributed by atoms with E-state index in [1.807, 2.05) is 23.7 Å². The first-order valence-corrected chi connectivity index (χ1v) is 5.88. The van der Waals surface area contributed by atoms with Gasteiger partial charge >= 0.3 is 0 Å². The van der Waals surface area contributed by atoms with Gasteiger partial charge in [-0.3, -0.25) is 5.10 Å². The first kappa shape index (κ1) is 10.8. The summed E-state index contributed by atoms with van der Waals surface area (Å²) in [6.07, 6.45) is 0. The number of nitrogens with two attached hydrogens (primary N) is 1. The topological polar surface area (TPSA) is 72.5 Å². The van der Waals surface area contributed by atoms with Crippen LogP contribution in [0.1, 0.15) is 16.8 Å². The molecule has 92 valence electrons. The standard InChI is InChI=1S/C13H15N5/c1-8-5-3-4-6-10(8)7-18-13-11(9(2)17-18)12(14)15-16-13/h3-6H,7H2,1-2H3,(H3,14,15,16). The number of anilines is 1. The smallest absolute Gasteiger partial charge is 0.182 e. The van der Waals surface area contributed by atoms with Gasteiger partial charge in [0, 0.05) is 0 Å². The number of aromatic amines is 1. The molecule has 0 bridgehead atoms. The third-order valence-electron chi connectivity index (χ3n) is 3.23. The second kappa shape index (κ2) is 3.87. The summed E-state index contributed by atoms with van der Waals surface area (Å²) in [5.41, 5.74) is 10.1. The van der Waals surface area contributed by atoms with Crippen LogP contribution in [0.3, 0.4) is 0 Å². The highest BCUT2D eigenvalue weighted by atomic mass is 15.3. The lowest BCUT2D eigenvalue weighted by Gasteiger charge is -2.05. The molecule has 0 unspecified atom stereocenters. The van der Waals surface area contributed by atoms with Gasteiger partial charge in [-0.2, -0.15) is 10.2 Å². The number of aromatic nitrogens is 4. The summed E-state index contributed by atoms with van der Waals surface area (Å²) in [5.74, 6) is 0.582. The van der Waals surface area contributed by atoms with E-state index in [9.17, 15) is 0 Å². The van der Waals surface area contributed by atoms with Gasteiger partial charge < -0.3 is 5.73 Å². The number of nitrogens with zero attached hydrogens (tertiary/aromatic N) is 3. The molecular weight excluding hydrogens is 226 g/mol. The fourth-order valence-electron chi connectivity index (χ4n) is 2.23. The molecule has 18 heavy (non-hydrogen) atoms. The lowest BCUT2D eigenvalue weighted by Crippen LogP contribution is -2.04. The Hall–Kier alpha value is -2.30. The monoisotopic (exact) mass is 241 g/mol. The second-order valence-corrected chi connectivity index (χ2v) is 4.51. The number of benzene rings is 1. The SMILES string of the molecule is Cc1ccccc1Cn1nc(C)c2c(N)[nH]nc21. The Kier molecular flexibility index (Phi) is 2.33. The van der Waals surface area contributed by atoms with E-state index in [0.29, 0.717) is 12.4 Å². The third-order valence-corrected chi connectivity index (χ3v) is 3.23. The molecule has 3 N–H and O–H groups in total. The minimum atomic E-state index is 0.582. The van der Waals surface area contributed by atoms with E-state index < -0.39 is 0 Å². The molecule has 2 aromatic heterocycles. The highest BCUT2D eigenvalue weighted by Crippen LogP contribution is 2.22. The van der Waals surface area contributed by atoms with Crippen LogP contribution in [-0.2, 0) is 6.54 Å². The molecular formula is C13H15N5. The zero-order chi connectivity index (χ0) is 12.7. The van der Waals surface area contributed by atoms with Gasteiger partial charge in [-0.25, -0.2) is 4.68 Å². The van der Waals surface area contributed by atoms with E-state index in [0.717, 1.165) is 16.7 Å². The van der Waals surface area contributed by atoms with Crippen molar-refractivity contribution < 1.29 is 0 Å². The normalized spacial score (nSPS) is 11.2. The number of aryl methyl sites for hydroxylation is 2. The Labute approximate surface area is 105 Å². The quantitative estimate of drug-likeness (QED) is 0.720. The van der Waals surface area contributed by atoms with Crippen LogP contribution in [0.15, 0.2) is 24.3 Å². The summed E-state index contributed by atoms with van der Waals surface area (Å²) in [4.78, 5) is 0. The molecule has 0 aliphatic rings. The lowest BCUT2D eigenvalue weighted by atomic mass is 10.1. The van der Waals surface area contributed by atoms with Crippen molar-refractivity contribution in [2.45, 2.75) is 20.4 Å². The Bertz CT molecular complexity index is 707. The third kappa shape index (κ3) is 1.55. The van der Waals surface area contributed by atoms with E-state index in [-0.39, 0.29) is 0 Å². The van der Waals surface area contributed by atoms with Crippen LogP contribution >= 0.6 is 0 Å². The van der Waals surface area contributed by atoms with Crippen molar-refractivity contribution in [2.24, 2.45) is 0 Å². The molecule has 0 saturated heterocycles. The number of fused-ring (bicyclic) bond motifs is 1. The average molecular weight is 241 g/mol. The van der Waals surface area contributed by atoms with Gasteiger partial charge in [0.1, 0.15) is 5.82 Å². The lowest BCUT2D eigenvalue weighted by molar-refractivity contribution is 0.689. The number of rotatable bonds is 2. The van der Waals surface area contributed by atoms with Crippen molar-refractivity contribution in [1.29, 1.82) is 0 Å². The molecule has 5 nitrogen and oxygen atoms in total. The molecule has 0 radical (unpaired) electrons. The molecule has 0 atom stereocenters. The van der Waals surface area contributed by atoms with Crippen molar-refractivity contribution in [3.8, 4) is 0 Å². The van der Waals surface area contributed by atoms with Crippen LogP contribution in [0.2, 0.25) is 0 Å². The molecule has 0 aliphatic heterocycles. The van der Waals surface area contributed by atoms with Crippen LogP contribution in [0.5, 0.6) is 0 Å². The van der Waals surface area contributed by atoms with E-state index in [1.54, 1.807) is 0 Å².